The number of carbonyl (C=O) groups is 2. The third kappa shape index (κ3) is 2.76. The van der Waals surface area contributed by atoms with E-state index in [-0.39, 0.29) is 16.9 Å². The molecule has 0 atom stereocenters. The number of benzene rings is 1. The molecule has 0 spiro atoms. The second kappa shape index (κ2) is 5.01. The molecule has 0 aliphatic heterocycles. The van der Waals surface area contributed by atoms with Gasteiger partial charge in [-0.1, -0.05) is 5.16 Å². The Morgan fingerprint density at radius 1 is 1.33 bits per heavy atom. The van der Waals surface area contributed by atoms with E-state index in [1.165, 1.54) is 6.07 Å². The molecule has 6 nitrogen and oxygen atoms in total. The lowest BCUT2D eigenvalue weighted by molar-refractivity contribution is 0.0696. The van der Waals surface area contributed by atoms with Crippen molar-refractivity contribution in [1.29, 1.82) is 0 Å². The highest BCUT2D eigenvalue weighted by atomic mass is 19.1. The Morgan fingerprint density at radius 3 is 2.76 bits per heavy atom. The normalized spacial score (nSPS) is 14.0. The van der Waals surface area contributed by atoms with E-state index in [1.54, 1.807) is 0 Å². The van der Waals surface area contributed by atoms with Crippen LogP contribution in [0.2, 0.25) is 0 Å². The summed E-state index contributed by atoms with van der Waals surface area (Å²) in [5, 5.41) is 14.8. The van der Waals surface area contributed by atoms with Gasteiger partial charge in [-0.05, 0) is 31.0 Å². The van der Waals surface area contributed by atoms with Gasteiger partial charge >= 0.3 is 5.97 Å². The number of aromatic carboxylic acids is 1. The number of carboxylic acid groups (broad SMARTS) is 1. The van der Waals surface area contributed by atoms with Crippen LogP contribution in [-0.4, -0.2) is 22.1 Å². The third-order valence-electron chi connectivity index (χ3n) is 3.20. The van der Waals surface area contributed by atoms with Crippen LogP contribution < -0.4 is 5.32 Å². The average molecular weight is 290 g/mol. The Balaban J connectivity index is 1.79. The fraction of sp³-hybridized carbons (Fsp3) is 0.214. The molecule has 21 heavy (non-hydrogen) atoms. The molecule has 0 saturated heterocycles. The number of hydrogen-bond donors (Lipinski definition) is 2. The number of nitrogens with one attached hydrogen (secondary N) is 1. The highest BCUT2D eigenvalue weighted by molar-refractivity contribution is 6.03. The van der Waals surface area contributed by atoms with Gasteiger partial charge in [0.1, 0.15) is 11.6 Å². The first kappa shape index (κ1) is 13.3. The summed E-state index contributed by atoms with van der Waals surface area (Å²) in [5.74, 6) is -1.62. The van der Waals surface area contributed by atoms with Gasteiger partial charge in [0, 0.05) is 12.0 Å². The predicted molar refractivity (Wildman–Crippen MR) is 69.8 cm³/mol. The zero-order valence-corrected chi connectivity index (χ0v) is 10.8. The summed E-state index contributed by atoms with van der Waals surface area (Å²) in [5.41, 5.74) is -0.293. The Hall–Kier alpha value is -2.70. The largest absolute Gasteiger partial charge is 0.478 e. The number of carbonyl (C=O) groups excluding carboxylic acids is 1. The number of carboxylic acids is 1. The highest BCUT2D eigenvalue weighted by Crippen LogP contribution is 2.40. The van der Waals surface area contributed by atoms with Crippen LogP contribution >= 0.6 is 0 Å². The lowest BCUT2D eigenvalue weighted by Gasteiger charge is -2.05. The summed E-state index contributed by atoms with van der Waals surface area (Å²) in [6.45, 7) is 0. The molecule has 0 radical (unpaired) electrons. The first-order valence-electron chi connectivity index (χ1n) is 6.35. The molecule has 2 aromatic rings. The summed E-state index contributed by atoms with van der Waals surface area (Å²) in [6, 6.07) is 4.68. The molecule has 1 aliphatic carbocycles. The van der Waals surface area contributed by atoms with Crippen molar-refractivity contribution in [3.63, 3.8) is 0 Å². The van der Waals surface area contributed by atoms with E-state index >= 15 is 0 Å². The van der Waals surface area contributed by atoms with E-state index < -0.39 is 17.7 Å². The molecular weight excluding hydrogens is 279 g/mol. The van der Waals surface area contributed by atoms with Crippen molar-refractivity contribution in [2.24, 2.45) is 0 Å². The fourth-order valence-electron chi connectivity index (χ4n) is 1.90. The molecule has 1 aromatic carbocycles. The standard InChI is InChI=1S/C14H11FN2O4/c15-9-4-3-8(14(19)20)5-10(9)16-13(18)11-6-12(21-17-11)7-1-2-7/h3-7H,1-2H2,(H,16,18)(H,19,20). The predicted octanol–water partition coefficient (Wildman–Crippen LogP) is 2.64. The molecule has 0 bridgehead atoms. The molecule has 1 heterocycles. The summed E-state index contributed by atoms with van der Waals surface area (Å²) in [6.07, 6.45) is 2.01. The first-order valence-corrected chi connectivity index (χ1v) is 6.35. The average Bonchev–Trinajstić information content (AvgIpc) is 3.18. The van der Waals surface area contributed by atoms with Crippen molar-refractivity contribution >= 4 is 17.6 Å². The second-order valence-electron chi connectivity index (χ2n) is 4.84. The van der Waals surface area contributed by atoms with Gasteiger partial charge in [-0.15, -0.1) is 0 Å². The molecule has 2 N–H and O–H groups in total. The molecular formula is C14H11FN2O4. The Kier molecular flexibility index (Phi) is 3.17. The van der Waals surface area contributed by atoms with Crippen LogP contribution in [0.15, 0.2) is 28.8 Å². The van der Waals surface area contributed by atoms with E-state index in [0.717, 1.165) is 31.0 Å². The molecule has 1 saturated carbocycles. The number of halogens is 1. The molecule has 7 heteroatoms. The van der Waals surface area contributed by atoms with Crippen molar-refractivity contribution in [3.8, 4) is 0 Å². The van der Waals surface area contributed by atoms with Crippen LogP contribution in [0.3, 0.4) is 0 Å². The topological polar surface area (TPSA) is 92.4 Å². The number of nitrogens with zero attached hydrogens (tertiary/aromatic N) is 1. The minimum absolute atomic E-state index is 0.0389. The summed E-state index contributed by atoms with van der Waals surface area (Å²) >= 11 is 0. The lowest BCUT2D eigenvalue weighted by atomic mass is 10.2. The van der Waals surface area contributed by atoms with E-state index in [9.17, 15) is 14.0 Å². The van der Waals surface area contributed by atoms with Crippen LogP contribution in [0.5, 0.6) is 0 Å². The van der Waals surface area contributed by atoms with Gasteiger partial charge in [-0.2, -0.15) is 0 Å². The lowest BCUT2D eigenvalue weighted by Crippen LogP contribution is -2.14. The van der Waals surface area contributed by atoms with Crippen LogP contribution in [-0.2, 0) is 0 Å². The number of amides is 1. The maximum absolute atomic E-state index is 13.6. The second-order valence-corrected chi connectivity index (χ2v) is 4.84. The highest BCUT2D eigenvalue weighted by Gasteiger charge is 2.29. The van der Waals surface area contributed by atoms with E-state index in [1.807, 2.05) is 0 Å². The van der Waals surface area contributed by atoms with Gasteiger partial charge in [-0.3, -0.25) is 4.79 Å². The van der Waals surface area contributed by atoms with Crippen molar-refractivity contribution in [2.45, 2.75) is 18.8 Å². The molecule has 1 fully saturated rings. The summed E-state index contributed by atoms with van der Waals surface area (Å²) in [7, 11) is 0. The van der Waals surface area contributed by atoms with E-state index in [2.05, 4.69) is 10.5 Å². The zero-order chi connectivity index (χ0) is 15.0. The minimum atomic E-state index is -1.21. The van der Waals surface area contributed by atoms with Crippen molar-refractivity contribution in [1.82, 2.24) is 5.16 Å². The maximum Gasteiger partial charge on any atom is 0.335 e. The number of rotatable bonds is 4. The fourth-order valence-corrected chi connectivity index (χ4v) is 1.90. The molecule has 3 rings (SSSR count). The van der Waals surface area contributed by atoms with Gasteiger partial charge in [0.15, 0.2) is 5.69 Å². The quantitative estimate of drug-likeness (QED) is 0.903. The van der Waals surface area contributed by atoms with Gasteiger partial charge in [0.2, 0.25) is 0 Å². The van der Waals surface area contributed by atoms with Crippen molar-refractivity contribution < 1.29 is 23.6 Å². The number of anilines is 1. The number of aromatic nitrogens is 1. The third-order valence-corrected chi connectivity index (χ3v) is 3.20. The molecule has 1 aromatic heterocycles. The van der Waals surface area contributed by atoms with Crippen LogP contribution in [0.25, 0.3) is 0 Å². The van der Waals surface area contributed by atoms with E-state index in [4.69, 9.17) is 9.63 Å². The molecule has 1 amide bonds. The van der Waals surface area contributed by atoms with Crippen LogP contribution in [0.1, 0.15) is 45.4 Å². The van der Waals surface area contributed by atoms with Gasteiger partial charge in [0.25, 0.3) is 5.91 Å². The zero-order valence-electron chi connectivity index (χ0n) is 10.8. The van der Waals surface area contributed by atoms with Gasteiger partial charge in [-0.25, -0.2) is 9.18 Å². The monoisotopic (exact) mass is 290 g/mol. The van der Waals surface area contributed by atoms with Crippen molar-refractivity contribution in [3.05, 3.63) is 47.1 Å². The Morgan fingerprint density at radius 2 is 2.10 bits per heavy atom. The minimum Gasteiger partial charge on any atom is -0.478 e. The Labute approximate surface area is 118 Å². The smallest absolute Gasteiger partial charge is 0.335 e. The van der Waals surface area contributed by atoms with Crippen LogP contribution in [0.4, 0.5) is 10.1 Å². The summed E-state index contributed by atoms with van der Waals surface area (Å²) in [4.78, 5) is 22.8. The maximum atomic E-state index is 13.6. The molecule has 0 unspecified atom stereocenters. The molecule has 108 valence electrons. The van der Waals surface area contributed by atoms with E-state index in [0.29, 0.717) is 11.7 Å². The Bertz CT molecular complexity index is 722. The van der Waals surface area contributed by atoms with Crippen molar-refractivity contribution in [2.75, 3.05) is 5.32 Å². The van der Waals surface area contributed by atoms with Gasteiger partial charge < -0.3 is 14.9 Å². The molecule has 1 aliphatic rings. The first-order chi connectivity index (χ1) is 10.0. The summed E-state index contributed by atoms with van der Waals surface area (Å²) < 4.78 is 18.6. The number of hydrogen-bond acceptors (Lipinski definition) is 4. The SMILES string of the molecule is O=C(O)c1ccc(F)c(NC(=O)c2cc(C3CC3)on2)c1. The van der Waals surface area contributed by atoms with Gasteiger partial charge in [0.05, 0.1) is 11.3 Å². The van der Waals surface area contributed by atoms with Crippen LogP contribution in [0, 0.1) is 5.82 Å².